The number of rotatable bonds is 6. The van der Waals surface area contributed by atoms with Gasteiger partial charge in [-0.1, -0.05) is 12.1 Å². The number of methoxy groups -OCH3 is 1. The van der Waals surface area contributed by atoms with Gasteiger partial charge in [0, 0.05) is 23.9 Å². The zero-order chi connectivity index (χ0) is 22.1. The van der Waals surface area contributed by atoms with Crippen LogP contribution >= 0.6 is 0 Å². The zero-order valence-electron chi connectivity index (χ0n) is 17.7. The SMILES string of the molecule is COc1nc(C)c2nc(-c3cncc(F)c3)n(Cc3ccc(CN(C)C)cc3F)c2n1. The molecule has 0 radical (unpaired) electrons. The highest BCUT2D eigenvalue weighted by atomic mass is 19.1. The van der Waals surface area contributed by atoms with Crippen molar-refractivity contribution in [3.05, 3.63) is 65.1 Å². The van der Waals surface area contributed by atoms with Crippen LogP contribution in [0.3, 0.4) is 0 Å². The van der Waals surface area contributed by atoms with Gasteiger partial charge in [0.05, 0.1) is 25.5 Å². The second-order valence-corrected chi connectivity index (χ2v) is 7.54. The van der Waals surface area contributed by atoms with Gasteiger partial charge in [0.25, 0.3) is 0 Å². The first-order chi connectivity index (χ1) is 14.9. The summed E-state index contributed by atoms with van der Waals surface area (Å²) in [6, 6.07) is 6.68. The van der Waals surface area contributed by atoms with E-state index in [0.29, 0.717) is 40.4 Å². The Balaban J connectivity index is 1.87. The van der Waals surface area contributed by atoms with Crippen LogP contribution in [0.25, 0.3) is 22.6 Å². The average Bonchev–Trinajstić information content (AvgIpc) is 3.08. The number of fused-ring (bicyclic) bond motifs is 1. The number of hydrogen-bond donors (Lipinski definition) is 0. The lowest BCUT2D eigenvalue weighted by atomic mass is 10.1. The predicted molar refractivity (Wildman–Crippen MR) is 113 cm³/mol. The molecule has 3 heterocycles. The predicted octanol–water partition coefficient (Wildman–Crippen LogP) is 3.59. The minimum atomic E-state index is -0.490. The molecule has 0 aliphatic rings. The van der Waals surface area contributed by atoms with E-state index in [1.165, 1.54) is 25.4 Å². The third kappa shape index (κ3) is 4.22. The molecule has 0 aliphatic carbocycles. The first-order valence-corrected chi connectivity index (χ1v) is 9.67. The van der Waals surface area contributed by atoms with Crippen molar-refractivity contribution in [2.45, 2.75) is 20.0 Å². The number of ether oxygens (including phenoxy) is 1. The number of aromatic nitrogens is 5. The normalized spacial score (nSPS) is 11.5. The Morgan fingerprint density at radius 1 is 1.06 bits per heavy atom. The third-order valence-corrected chi connectivity index (χ3v) is 4.84. The molecule has 160 valence electrons. The second kappa shape index (κ2) is 8.35. The molecule has 0 fully saturated rings. The van der Waals surface area contributed by atoms with Gasteiger partial charge in [0.15, 0.2) is 5.65 Å². The lowest BCUT2D eigenvalue weighted by Crippen LogP contribution is -2.11. The van der Waals surface area contributed by atoms with Gasteiger partial charge in [0.2, 0.25) is 0 Å². The van der Waals surface area contributed by atoms with Gasteiger partial charge in [-0.05, 0) is 38.7 Å². The largest absolute Gasteiger partial charge is 0.467 e. The van der Waals surface area contributed by atoms with Crippen molar-refractivity contribution in [3.63, 3.8) is 0 Å². The van der Waals surface area contributed by atoms with Crippen molar-refractivity contribution in [1.82, 2.24) is 29.4 Å². The van der Waals surface area contributed by atoms with Crippen molar-refractivity contribution in [2.75, 3.05) is 21.2 Å². The van der Waals surface area contributed by atoms with Gasteiger partial charge in [-0.15, -0.1) is 0 Å². The summed E-state index contributed by atoms with van der Waals surface area (Å²) in [5, 5.41) is 0. The van der Waals surface area contributed by atoms with Crippen LogP contribution in [0, 0.1) is 18.6 Å². The van der Waals surface area contributed by atoms with Crippen molar-refractivity contribution in [2.24, 2.45) is 0 Å². The second-order valence-electron chi connectivity index (χ2n) is 7.54. The van der Waals surface area contributed by atoms with E-state index in [-0.39, 0.29) is 18.4 Å². The number of pyridine rings is 1. The Morgan fingerprint density at radius 3 is 2.55 bits per heavy atom. The van der Waals surface area contributed by atoms with Crippen LogP contribution in [-0.2, 0) is 13.1 Å². The molecular formula is C22H22F2N6O. The molecule has 0 saturated heterocycles. The van der Waals surface area contributed by atoms with E-state index in [4.69, 9.17) is 4.74 Å². The van der Waals surface area contributed by atoms with E-state index >= 15 is 0 Å². The quantitative estimate of drug-likeness (QED) is 0.471. The molecule has 0 aliphatic heterocycles. The lowest BCUT2D eigenvalue weighted by molar-refractivity contribution is 0.380. The summed E-state index contributed by atoms with van der Waals surface area (Å²) in [7, 11) is 5.33. The van der Waals surface area contributed by atoms with E-state index in [0.717, 1.165) is 11.8 Å². The topological polar surface area (TPSA) is 69.0 Å². The first kappa shape index (κ1) is 20.8. The standard InChI is InChI=1S/C22H22F2N6O/c1-13-19-21(28-22(26-13)31-4)30(20(27-19)16-8-17(23)10-25-9-16)12-15-6-5-14(7-18(15)24)11-29(2)3/h5-10H,11-12H2,1-4H3. The summed E-state index contributed by atoms with van der Waals surface area (Å²) in [5.41, 5.74) is 3.40. The number of aryl methyl sites for hydroxylation is 1. The smallest absolute Gasteiger partial charge is 0.318 e. The maximum absolute atomic E-state index is 14.9. The van der Waals surface area contributed by atoms with Crippen molar-refractivity contribution >= 4 is 11.2 Å². The fourth-order valence-corrected chi connectivity index (χ4v) is 3.46. The molecule has 3 aromatic heterocycles. The number of nitrogens with zero attached hydrogens (tertiary/aromatic N) is 6. The Hall–Kier alpha value is -3.46. The molecule has 7 nitrogen and oxygen atoms in total. The van der Waals surface area contributed by atoms with Crippen LogP contribution in [0.2, 0.25) is 0 Å². The van der Waals surface area contributed by atoms with E-state index in [2.05, 4.69) is 19.9 Å². The number of hydrogen-bond acceptors (Lipinski definition) is 6. The summed E-state index contributed by atoms with van der Waals surface area (Å²) < 4.78 is 35.7. The molecule has 0 atom stereocenters. The van der Waals surface area contributed by atoms with Crippen LogP contribution in [0.1, 0.15) is 16.8 Å². The Bertz CT molecular complexity index is 1250. The van der Waals surface area contributed by atoms with Crippen molar-refractivity contribution < 1.29 is 13.5 Å². The molecule has 1 aromatic carbocycles. The molecular weight excluding hydrogens is 402 g/mol. The molecule has 0 spiro atoms. The molecule has 31 heavy (non-hydrogen) atoms. The number of benzene rings is 1. The minimum Gasteiger partial charge on any atom is -0.467 e. The van der Waals surface area contributed by atoms with E-state index in [9.17, 15) is 8.78 Å². The van der Waals surface area contributed by atoms with Crippen molar-refractivity contribution in [3.8, 4) is 17.4 Å². The number of imidazole rings is 1. The molecule has 4 aromatic rings. The highest BCUT2D eigenvalue weighted by Gasteiger charge is 2.20. The Kier molecular flexibility index (Phi) is 5.60. The summed E-state index contributed by atoms with van der Waals surface area (Å²) in [6.07, 6.45) is 2.63. The summed E-state index contributed by atoms with van der Waals surface area (Å²) in [6.45, 7) is 2.57. The average molecular weight is 424 g/mol. The van der Waals surface area contributed by atoms with E-state index < -0.39 is 5.82 Å². The summed E-state index contributed by atoms with van der Waals surface area (Å²) in [5.74, 6) is -0.401. The summed E-state index contributed by atoms with van der Waals surface area (Å²) >= 11 is 0. The van der Waals surface area contributed by atoms with E-state index in [1.54, 1.807) is 17.6 Å². The summed E-state index contributed by atoms with van der Waals surface area (Å²) in [4.78, 5) is 19.2. The molecule has 9 heteroatoms. The zero-order valence-corrected chi connectivity index (χ0v) is 17.7. The molecule has 4 rings (SSSR count). The van der Waals surface area contributed by atoms with Gasteiger partial charge in [0.1, 0.15) is 23.0 Å². The fourth-order valence-electron chi connectivity index (χ4n) is 3.46. The van der Waals surface area contributed by atoms with Crippen LogP contribution in [0.15, 0.2) is 36.7 Å². The van der Waals surface area contributed by atoms with Gasteiger partial charge in [-0.25, -0.2) is 13.8 Å². The molecule has 0 amide bonds. The number of halogens is 2. The van der Waals surface area contributed by atoms with Crippen molar-refractivity contribution in [1.29, 1.82) is 0 Å². The maximum Gasteiger partial charge on any atom is 0.318 e. The van der Waals surface area contributed by atoms with Crippen LogP contribution in [0.5, 0.6) is 6.01 Å². The first-order valence-electron chi connectivity index (χ1n) is 9.67. The molecule has 0 bridgehead atoms. The minimum absolute atomic E-state index is 0.149. The van der Waals surface area contributed by atoms with Crippen LogP contribution < -0.4 is 4.74 Å². The van der Waals surface area contributed by atoms with Gasteiger partial charge < -0.3 is 14.2 Å². The molecule has 0 saturated carbocycles. The fraction of sp³-hybridized carbons (Fsp3) is 0.273. The monoisotopic (exact) mass is 424 g/mol. The van der Waals surface area contributed by atoms with Gasteiger partial charge >= 0.3 is 6.01 Å². The van der Waals surface area contributed by atoms with Gasteiger partial charge in [-0.3, -0.25) is 4.98 Å². The molecule has 0 unspecified atom stereocenters. The Labute approximate surface area is 178 Å². The van der Waals surface area contributed by atoms with Crippen LogP contribution in [0.4, 0.5) is 8.78 Å². The van der Waals surface area contributed by atoms with Crippen LogP contribution in [-0.4, -0.2) is 50.6 Å². The maximum atomic E-state index is 14.9. The highest BCUT2D eigenvalue weighted by Crippen LogP contribution is 2.28. The highest BCUT2D eigenvalue weighted by molar-refractivity contribution is 5.79. The molecule has 0 N–H and O–H groups in total. The van der Waals surface area contributed by atoms with Gasteiger partial charge in [-0.2, -0.15) is 9.97 Å². The van der Waals surface area contributed by atoms with E-state index in [1.807, 2.05) is 25.1 Å². The Morgan fingerprint density at radius 2 is 1.87 bits per heavy atom. The third-order valence-electron chi connectivity index (χ3n) is 4.84. The lowest BCUT2D eigenvalue weighted by Gasteiger charge is -2.13.